The molecular weight excluding hydrogens is 349 g/mol. The first-order valence-corrected chi connectivity index (χ1v) is 6.51. The molecule has 0 spiro atoms. The summed E-state index contributed by atoms with van der Waals surface area (Å²) in [7, 11) is -3.97. The predicted octanol–water partition coefficient (Wildman–Crippen LogP) is 0.353. The van der Waals surface area contributed by atoms with Gasteiger partial charge in [0.1, 0.15) is 0 Å². The first kappa shape index (κ1) is 12.2. The molecule has 3 N–H and O–H groups in total. The third-order valence-corrected chi connectivity index (χ3v) is 4.93. The van der Waals surface area contributed by atoms with E-state index >= 15 is 0 Å². The maximum atomic E-state index is 10.8. The predicted molar refractivity (Wildman–Crippen MR) is 44.5 cm³/mol. The van der Waals surface area contributed by atoms with Crippen molar-refractivity contribution in [1.29, 1.82) is 0 Å². The zero-order valence-electron chi connectivity index (χ0n) is 6.89. The SMILES string of the molecule is C/C=C/N[C](=[W])C(C)P(=O)(O)O. The Balaban J connectivity index is 4.21. The molecule has 0 aliphatic rings. The minimum absolute atomic E-state index is 0.654. The summed E-state index contributed by atoms with van der Waals surface area (Å²) in [6, 6.07) is 0. The summed E-state index contributed by atoms with van der Waals surface area (Å²) in [5.74, 6) is 0. The van der Waals surface area contributed by atoms with E-state index in [1.807, 2.05) is 6.92 Å². The van der Waals surface area contributed by atoms with Crippen LogP contribution in [0.15, 0.2) is 12.3 Å². The van der Waals surface area contributed by atoms with E-state index in [9.17, 15) is 4.57 Å². The standard InChI is InChI=1S/C6H12NO3P.W/c1-3-4-7-5-6(2)11(8,9)10;/h3-4,6-7H,1-2H3,(H2,8,9,10);/b4-3+;. The molecule has 0 amide bonds. The van der Waals surface area contributed by atoms with Crippen LogP contribution in [0.5, 0.6) is 0 Å². The van der Waals surface area contributed by atoms with Crippen molar-refractivity contribution in [2.24, 2.45) is 0 Å². The van der Waals surface area contributed by atoms with E-state index in [1.165, 1.54) is 6.92 Å². The second-order valence-corrected chi connectivity index (χ2v) is 5.81. The van der Waals surface area contributed by atoms with Crippen LogP contribution in [-0.2, 0) is 23.9 Å². The Labute approximate surface area is 82.6 Å². The Hall–Kier alpha value is 0.248. The zero-order chi connectivity index (χ0) is 9.78. The normalized spacial score (nSPS) is 14.7. The molecule has 4 nitrogen and oxygen atoms in total. The molecule has 0 aliphatic carbocycles. The number of hydrogen-bond donors (Lipinski definition) is 3. The zero-order valence-corrected chi connectivity index (χ0v) is 10.7. The van der Waals surface area contributed by atoms with Gasteiger partial charge < -0.3 is 0 Å². The van der Waals surface area contributed by atoms with Crippen molar-refractivity contribution in [3.8, 4) is 0 Å². The molecule has 0 fully saturated rings. The van der Waals surface area contributed by atoms with Crippen LogP contribution in [-0.4, -0.2) is 19.5 Å². The van der Waals surface area contributed by atoms with Gasteiger partial charge in [-0.05, 0) is 0 Å². The Morgan fingerprint density at radius 1 is 1.67 bits per heavy atom. The summed E-state index contributed by atoms with van der Waals surface area (Å²) in [5.41, 5.74) is -0.705. The third-order valence-electron chi connectivity index (χ3n) is 1.28. The Morgan fingerprint density at radius 3 is 2.50 bits per heavy atom. The molecule has 0 aromatic heterocycles. The van der Waals surface area contributed by atoms with Crippen LogP contribution in [0.4, 0.5) is 0 Å². The fourth-order valence-electron chi connectivity index (χ4n) is 0.439. The van der Waals surface area contributed by atoms with E-state index in [0.29, 0.717) is 4.02 Å². The van der Waals surface area contributed by atoms with E-state index in [1.54, 1.807) is 12.3 Å². The molecule has 1 atom stereocenters. The van der Waals surface area contributed by atoms with Gasteiger partial charge in [0.05, 0.1) is 0 Å². The molecule has 0 aliphatic heterocycles. The van der Waals surface area contributed by atoms with Gasteiger partial charge in [0.15, 0.2) is 0 Å². The van der Waals surface area contributed by atoms with Gasteiger partial charge in [-0.25, -0.2) is 0 Å². The van der Waals surface area contributed by atoms with E-state index in [2.05, 4.69) is 5.32 Å². The van der Waals surface area contributed by atoms with Gasteiger partial charge in [-0.3, -0.25) is 0 Å². The molecule has 0 bridgehead atoms. The number of allylic oxidation sites excluding steroid dienone is 1. The Kier molecular flexibility index (Phi) is 5.19. The van der Waals surface area contributed by atoms with Gasteiger partial charge >= 0.3 is 82.4 Å². The van der Waals surface area contributed by atoms with Crippen LogP contribution in [0, 0.1) is 0 Å². The molecule has 0 aromatic rings. The first-order valence-electron chi connectivity index (χ1n) is 3.36. The summed E-state index contributed by atoms with van der Waals surface area (Å²) < 4.78 is 11.4. The first-order chi connectivity index (χ1) is 5.39. The maximum absolute atomic E-state index is 10.8. The summed E-state index contributed by atoms with van der Waals surface area (Å²) in [5, 5.41) is 2.82. The summed E-state index contributed by atoms with van der Waals surface area (Å²) in [6.07, 6.45) is 3.43. The van der Waals surface area contributed by atoms with Crippen LogP contribution in [0.2, 0.25) is 0 Å². The Morgan fingerprint density at radius 2 is 2.17 bits per heavy atom. The van der Waals surface area contributed by atoms with Gasteiger partial charge in [0.25, 0.3) is 0 Å². The van der Waals surface area contributed by atoms with Crippen LogP contribution in [0.25, 0.3) is 0 Å². The van der Waals surface area contributed by atoms with Crippen molar-refractivity contribution in [3.05, 3.63) is 12.3 Å². The average Bonchev–Trinajstić information content (AvgIpc) is 1.97. The number of rotatable bonds is 4. The Bertz CT molecular complexity index is 235. The summed E-state index contributed by atoms with van der Waals surface area (Å²) >= 11 is 1.04. The van der Waals surface area contributed by atoms with E-state index in [0.717, 1.165) is 19.4 Å². The van der Waals surface area contributed by atoms with Crippen LogP contribution >= 0.6 is 7.60 Å². The number of nitrogens with one attached hydrogen (secondary N) is 1. The van der Waals surface area contributed by atoms with E-state index < -0.39 is 13.3 Å². The third kappa shape index (κ3) is 4.32. The second kappa shape index (κ2) is 5.08. The minimum atomic E-state index is -3.97. The van der Waals surface area contributed by atoms with Crippen molar-refractivity contribution in [2.45, 2.75) is 19.5 Å². The molecule has 0 saturated heterocycles. The molecule has 0 rings (SSSR count). The molecule has 0 radical (unpaired) electrons. The molecule has 6 heteroatoms. The fourth-order valence-corrected chi connectivity index (χ4v) is 2.54. The van der Waals surface area contributed by atoms with E-state index in [4.69, 9.17) is 9.79 Å². The molecule has 0 heterocycles. The van der Waals surface area contributed by atoms with E-state index in [-0.39, 0.29) is 0 Å². The van der Waals surface area contributed by atoms with Crippen LogP contribution < -0.4 is 5.32 Å². The van der Waals surface area contributed by atoms with Crippen molar-refractivity contribution < 1.29 is 33.7 Å². The molecular formula is C6H12NO3PW. The van der Waals surface area contributed by atoms with Crippen molar-refractivity contribution in [2.75, 3.05) is 0 Å². The quantitative estimate of drug-likeness (QED) is 0.633. The molecule has 70 valence electrons. The fraction of sp³-hybridized carbons (Fsp3) is 0.500. The van der Waals surface area contributed by atoms with Gasteiger partial charge in [0, 0.05) is 0 Å². The topological polar surface area (TPSA) is 69.6 Å². The summed E-state index contributed by atoms with van der Waals surface area (Å²) in [4.78, 5) is 17.6. The number of hydrogen-bond acceptors (Lipinski definition) is 2. The molecule has 12 heavy (non-hydrogen) atoms. The monoisotopic (exact) mass is 361 g/mol. The van der Waals surface area contributed by atoms with Gasteiger partial charge in [-0.2, -0.15) is 0 Å². The molecule has 1 unspecified atom stereocenters. The van der Waals surface area contributed by atoms with Crippen LogP contribution in [0.1, 0.15) is 13.8 Å². The average molecular weight is 361 g/mol. The van der Waals surface area contributed by atoms with Crippen molar-refractivity contribution in [3.63, 3.8) is 0 Å². The summed E-state index contributed by atoms with van der Waals surface area (Å²) in [6.45, 7) is 3.34. The van der Waals surface area contributed by atoms with Crippen molar-refractivity contribution >= 4 is 11.6 Å². The molecule has 0 saturated carbocycles. The van der Waals surface area contributed by atoms with Crippen molar-refractivity contribution in [1.82, 2.24) is 5.32 Å². The van der Waals surface area contributed by atoms with Gasteiger partial charge in [0.2, 0.25) is 0 Å². The van der Waals surface area contributed by atoms with Gasteiger partial charge in [-0.1, -0.05) is 0 Å². The van der Waals surface area contributed by atoms with Crippen LogP contribution in [0.3, 0.4) is 0 Å². The molecule has 0 aromatic carbocycles. The van der Waals surface area contributed by atoms with Gasteiger partial charge in [-0.15, -0.1) is 0 Å². The second-order valence-electron chi connectivity index (χ2n) is 2.27.